The zero-order valence-electron chi connectivity index (χ0n) is 14.5. The van der Waals surface area contributed by atoms with Crippen LogP contribution in [0.2, 0.25) is 10.0 Å². The Morgan fingerprint density at radius 3 is 2.74 bits per heavy atom. The summed E-state index contributed by atoms with van der Waals surface area (Å²) in [5.41, 5.74) is 1.21. The van der Waals surface area contributed by atoms with E-state index in [-0.39, 0.29) is 18.0 Å². The highest BCUT2D eigenvalue weighted by molar-refractivity contribution is 7.15. The van der Waals surface area contributed by atoms with Gasteiger partial charge in [-0.3, -0.25) is 9.59 Å². The molecule has 1 amide bonds. The van der Waals surface area contributed by atoms with Crippen LogP contribution in [0.1, 0.15) is 10.4 Å². The lowest BCUT2D eigenvalue weighted by Gasteiger charge is -2.09. The van der Waals surface area contributed by atoms with E-state index in [0.29, 0.717) is 28.7 Å². The van der Waals surface area contributed by atoms with Crippen molar-refractivity contribution < 1.29 is 4.79 Å². The number of aryl methyl sites for hydroxylation is 1. The van der Waals surface area contributed by atoms with Crippen molar-refractivity contribution in [1.82, 2.24) is 15.1 Å². The van der Waals surface area contributed by atoms with Gasteiger partial charge in [-0.1, -0.05) is 35.3 Å². The molecule has 0 spiro atoms. The number of hydrogen-bond donors (Lipinski definition) is 1. The number of amides is 1. The number of nitrogens with zero attached hydrogens (tertiary/aromatic N) is 2. The normalized spacial score (nSPS) is 10.8. The highest BCUT2D eigenvalue weighted by Crippen LogP contribution is 2.26. The molecule has 1 aromatic carbocycles. The Kier molecular flexibility index (Phi) is 6.31. The first-order chi connectivity index (χ1) is 12.9. The molecule has 0 saturated heterocycles. The van der Waals surface area contributed by atoms with Crippen LogP contribution >= 0.6 is 34.5 Å². The molecule has 1 N–H and O–H groups in total. The molecule has 5 nitrogen and oxygen atoms in total. The molecule has 3 rings (SSSR count). The Hall–Kier alpha value is -2.15. The first-order valence-corrected chi connectivity index (χ1v) is 9.86. The standard InChI is InChI=1S/C19H17Cl2N3O2S/c1-12-5-7-16(27-12)15-6-8-18(26)24(23-15)11-17(25)22-10-9-13-3-2-4-14(20)19(13)21/h2-8H,9-11H2,1H3,(H,22,25). The predicted molar refractivity (Wildman–Crippen MR) is 110 cm³/mol. The summed E-state index contributed by atoms with van der Waals surface area (Å²) in [6.45, 7) is 2.25. The third kappa shape index (κ3) is 4.97. The van der Waals surface area contributed by atoms with Crippen molar-refractivity contribution in [2.24, 2.45) is 0 Å². The van der Waals surface area contributed by atoms with Gasteiger partial charge in [-0.15, -0.1) is 11.3 Å². The molecule has 2 aromatic heterocycles. The number of nitrogens with one attached hydrogen (secondary N) is 1. The fourth-order valence-electron chi connectivity index (χ4n) is 2.54. The SMILES string of the molecule is Cc1ccc(-c2ccc(=O)n(CC(=O)NCCc3cccc(Cl)c3Cl)n2)s1. The van der Waals surface area contributed by atoms with E-state index < -0.39 is 0 Å². The number of carbonyl (C=O) groups excluding carboxylic acids is 1. The zero-order valence-corrected chi connectivity index (χ0v) is 16.9. The number of hydrogen-bond acceptors (Lipinski definition) is 4. The van der Waals surface area contributed by atoms with Crippen LogP contribution in [0.25, 0.3) is 10.6 Å². The molecule has 0 aliphatic carbocycles. The summed E-state index contributed by atoms with van der Waals surface area (Å²) >= 11 is 13.7. The van der Waals surface area contributed by atoms with Gasteiger partial charge < -0.3 is 5.32 Å². The maximum absolute atomic E-state index is 12.2. The fourth-order valence-corrected chi connectivity index (χ4v) is 3.78. The van der Waals surface area contributed by atoms with Gasteiger partial charge in [-0.25, -0.2) is 4.68 Å². The highest BCUT2D eigenvalue weighted by Gasteiger charge is 2.10. The molecule has 140 valence electrons. The Morgan fingerprint density at radius 2 is 2.00 bits per heavy atom. The number of aromatic nitrogens is 2. The summed E-state index contributed by atoms with van der Waals surface area (Å²) in [6, 6.07) is 12.4. The van der Waals surface area contributed by atoms with E-state index in [0.717, 1.165) is 15.3 Å². The van der Waals surface area contributed by atoms with Gasteiger partial charge in [0.05, 0.1) is 14.9 Å². The number of thiophene rings is 1. The lowest BCUT2D eigenvalue weighted by molar-refractivity contribution is -0.121. The van der Waals surface area contributed by atoms with Crippen LogP contribution in [0, 0.1) is 6.92 Å². The second-order valence-corrected chi connectivity index (χ2v) is 8.01. The Morgan fingerprint density at radius 1 is 1.19 bits per heavy atom. The molecule has 8 heteroatoms. The zero-order chi connectivity index (χ0) is 19.4. The van der Waals surface area contributed by atoms with E-state index >= 15 is 0 Å². The molecule has 27 heavy (non-hydrogen) atoms. The molecule has 0 aliphatic heterocycles. The second kappa shape index (κ2) is 8.69. The average Bonchev–Trinajstić information content (AvgIpc) is 3.07. The summed E-state index contributed by atoms with van der Waals surface area (Å²) in [6.07, 6.45) is 0.544. The van der Waals surface area contributed by atoms with E-state index in [1.165, 1.54) is 10.7 Å². The van der Waals surface area contributed by atoms with Crippen LogP contribution < -0.4 is 10.9 Å². The molecule has 0 unspecified atom stereocenters. The van der Waals surface area contributed by atoms with Crippen LogP contribution in [0.5, 0.6) is 0 Å². The summed E-state index contributed by atoms with van der Waals surface area (Å²) < 4.78 is 1.17. The molecular formula is C19H17Cl2N3O2S. The van der Waals surface area contributed by atoms with Crippen molar-refractivity contribution >= 4 is 40.4 Å². The third-order valence-corrected chi connectivity index (χ3v) is 5.78. The molecule has 0 radical (unpaired) electrons. The van der Waals surface area contributed by atoms with Gasteiger partial charge in [-0.2, -0.15) is 5.10 Å². The molecule has 3 aromatic rings. The number of rotatable bonds is 6. The number of halogens is 2. The molecular weight excluding hydrogens is 405 g/mol. The van der Waals surface area contributed by atoms with Gasteiger partial charge in [-0.05, 0) is 43.2 Å². The van der Waals surface area contributed by atoms with Crippen LogP contribution in [-0.4, -0.2) is 22.2 Å². The first-order valence-electron chi connectivity index (χ1n) is 8.28. The van der Waals surface area contributed by atoms with E-state index in [4.69, 9.17) is 23.2 Å². The Labute approximate surface area is 170 Å². The molecule has 2 heterocycles. The van der Waals surface area contributed by atoms with E-state index in [1.807, 2.05) is 31.2 Å². The lowest BCUT2D eigenvalue weighted by atomic mass is 10.1. The quantitative estimate of drug-likeness (QED) is 0.655. The Balaban J connectivity index is 1.62. The van der Waals surface area contributed by atoms with Crippen molar-refractivity contribution in [2.75, 3.05) is 6.54 Å². The van der Waals surface area contributed by atoms with Gasteiger partial charge >= 0.3 is 0 Å². The largest absolute Gasteiger partial charge is 0.354 e. The second-order valence-electron chi connectivity index (χ2n) is 5.94. The number of carbonyl (C=O) groups is 1. The summed E-state index contributed by atoms with van der Waals surface area (Å²) in [4.78, 5) is 26.3. The van der Waals surface area contributed by atoms with Gasteiger partial charge in [0.15, 0.2) is 0 Å². The van der Waals surface area contributed by atoms with Crippen LogP contribution in [0.3, 0.4) is 0 Å². The summed E-state index contributed by atoms with van der Waals surface area (Å²) in [7, 11) is 0. The van der Waals surface area contributed by atoms with Crippen molar-refractivity contribution in [1.29, 1.82) is 0 Å². The fraction of sp³-hybridized carbons (Fsp3) is 0.211. The van der Waals surface area contributed by atoms with Gasteiger partial charge in [0, 0.05) is 17.5 Å². The molecule has 0 bridgehead atoms. The predicted octanol–water partition coefficient (Wildman–Crippen LogP) is 3.95. The van der Waals surface area contributed by atoms with E-state index in [2.05, 4.69) is 10.4 Å². The minimum Gasteiger partial charge on any atom is -0.354 e. The minimum atomic E-state index is -0.319. The maximum Gasteiger partial charge on any atom is 0.267 e. The van der Waals surface area contributed by atoms with Crippen LogP contribution in [0.4, 0.5) is 0 Å². The molecule has 0 fully saturated rings. The van der Waals surface area contributed by atoms with Crippen molar-refractivity contribution in [3.63, 3.8) is 0 Å². The van der Waals surface area contributed by atoms with Gasteiger partial charge in [0.1, 0.15) is 12.2 Å². The monoisotopic (exact) mass is 421 g/mol. The molecule has 0 aliphatic rings. The van der Waals surface area contributed by atoms with E-state index in [9.17, 15) is 9.59 Å². The van der Waals surface area contributed by atoms with Gasteiger partial charge in [0.2, 0.25) is 5.91 Å². The van der Waals surface area contributed by atoms with Crippen LogP contribution in [0.15, 0.2) is 47.3 Å². The van der Waals surface area contributed by atoms with Crippen molar-refractivity contribution in [3.8, 4) is 10.6 Å². The van der Waals surface area contributed by atoms with Crippen molar-refractivity contribution in [3.05, 3.63) is 73.3 Å². The highest BCUT2D eigenvalue weighted by atomic mass is 35.5. The molecule has 0 saturated carbocycles. The van der Waals surface area contributed by atoms with E-state index in [1.54, 1.807) is 23.5 Å². The minimum absolute atomic E-state index is 0.139. The smallest absolute Gasteiger partial charge is 0.267 e. The maximum atomic E-state index is 12.2. The van der Waals surface area contributed by atoms with Crippen LogP contribution in [-0.2, 0) is 17.8 Å². The first kappa shape index (κ1) is 19.6. The topological polar surface area (TPSA) is 64.0 Å². The van der Waals surface area contributed by atoms with Gasteiger partial charge in [0.25, 0.3) is 5.56 Å². The summed E-state index contributed by atoms with van der Waals surface area (Å²) in [5, 5.41) is 8.06. The lowest BCUT2D eigenvalue weighted by Crippen LogP contribution is -2.34. The molecule has 0 atom stereocenters. The number of benzene rings is 1. The Bertz CT molecular complexity index is 1030. The third-order valence-electron chi connectivity index (χ3n) is 3.90. The average molecular weight is 422 g/mol. The van der Waals surface area contributed by atoms with Crippen molar-refractivity contribution in [2.45, 2.75) is 19.9 Å². The summed E-state index contributed by atoms with van der Waals surface area (Å²) in [5.74, 6) is -0.290.